The van der Waals surface area contributed by atoms with Crippen molar-refractivity contribution in [2.45, 2.75) is 34.6 Å². The fraction of sp³-hybridized carbons (Fsp3) is 0.0649. The van der Waals surface area contributed by atoms with Gasteiger partial charge in [0.15, 0.2) is 34.9 Å². The van der Waals surface area contributed by atoms with E-state index in [1.807, 2.05) is 72.8 Å². The van der Waals surface area contributed by atoms with E-state index in [0.717, 1.165) is 121 Å². The molecule has 0 fully saturated rings. The van der Waals surface area contributed by atoms with Crippen molar-refractivity contribution in [3.63, 3.8) is 0 Å². The van der Waals surface area contributed by atoms with Gasteiger partial charge in [-0.05, 0) is 107 Å². The molecule has 16 aromatic rings. The maximum absolute atomic E-state index is 5.83. The van der Waals surface area contributed by atoms with Gasteiger partial charge in [-0.1, -0.05) is 198 Å². The SMILES string of the molecule is Cc1ccc2c(c1)c1cc(C)ccc1n2-c1cc(-c2nc(-c3ccccc3)nc(-c3ccccc3)n2)c(-n2c3ccccc3c3cc(C)ccc32)c(-c2nc(-c3ccccc3)nc(-c3ccccc3)n2)c1-n1c2ccc(C)cc2c2cc(C)ccc21. The van der Waals surface area contributed by atoms with Crippen LogP contribution in [0.15, 0.2) is 243 Å². The van der Waals surface area contributed by atoms with Crippen molar-refractivity contribution in [3.05, 3.63) is 270 Å². The smallest absolute Gasteiger partial charge is 0.168 e. The van der Waals surface area contributed by atoms with Crippen LogP contribution in [-0.4, -0.2) is 43.6 Å². The largest absolute Gasteiger partial charge is 0.308 e. The van der Waals surface area contributed by atoms with E-state index in [1.54, 1.807) is 0 Å². The lowest BCUT2D eigenvalue weighted by Crippen LogP contribution is -2.14. The summed E-state index contributed by atoms with van der Waals surface area (Å²) in [4.78, 5) is 33.7. The number of rotatable bonds is 9. The van der Waals surface area contributed by atoms with Crippen LogP contribution >= 0.6 is 0 Å². The Kier molecular flexibility index (Phi) is 11.8. The van der Waals surface area contributed by atoms with E-state index in [4.69, 9.17) is 29.9 Å². The number of fused-ring (bicyclic) bond motifs is 9. The molecule has 5 heterocycles. The second-order valence-electron chi connectivity index (χ2n) is 22.7. The lowest BCUT2D eigenvalue weighted by atomic mass is 9.98. The summed E-state index contributed by atoms with van der Waals surface area (Å²) < 4.78 is 7.36. The molecular weight excluding hydrogens is 1050 g/mol. The Hall–Kier alpha value is -11.2. The van der Waals surface area contributed by atoms with Crippen LogP contribution in [0, 0.1) is 34.6 Å². The normalized spacial score (nSPS) is 11.8. The van der Waals surface area contributed by atoms with Crippen LogP contribution in [0.1, 0.15) is 27.8 Å². The highest BCUT2D eigenvalue weighted by Gasteiger charge is 2.33. The molecule has 0 unspecified atom stereocenters. The molecule has 0 saturated carbocycles. The van der Waals surface area contributed by atoms with Crippen LogP contribution in [-0.2, 0) is 0 Å². The second kappa shape index (κ2) is 20.0. The van der Waals surface area contributed by atoms with Crippen LogP contribution in [0.25, 0.3) is 151 Å². The first-order valence-electron chi connectivity index (χ1n) is 29.2. The Morgan fingerprint density at radius 1 is 0.233 bits per heavy atom. The van der Waals surface area contributed by atoms with Gasteiger partial charge >= 0.3 is 0 Å². The van der Waals surface area contributed by atoms with Crippen molar-refractivity contribution in [2.24, 2.45) is 0 Å². The number of hydrogen-bond acceptors (Lipinski definition) is 6. The molecule has 0 aliphatic carbocycles. The van der Waals surface area contributed by atoms with Gasteiger partial charge in [0.05, 0.1) is 55.7 Å². The van der Waals surface area contributed by atoms with Crippen molar-refractivity contribution < 1.29 is 0 Å². The summed E-state index contributed by atoms with van der Waals surface area (Å²) in [5.41, 5.74) is 19.4. The maximum atomic E-state index is 5.83. The molecule has 0 spiro atoms. The van der Waals surface area contributed by atoms with Crippen molar-refractivity contribution in [1.82, 2.24) is 43.6 Å². The van der Waals surface area contributed by atoms with Crippen LogP contribution < -0.4 is 0 Å². The molecule has 9 nitrogen and oxygen atoms in total. The van der Waals surface area contributed by atoms with Gasteiger partial charge in [-0.3, -0.25) is 0 Å². The van der Waals surface area contributed by atoms with Crippen LogP contribution in [0.2, 0.25) is 0 Å². The first-order chi connectivity index (χ1) is 42.2. The third-order valence-electron chi connectivity index (χ3n) is 16.8. The Balaban J connectivity index is 1.22. The zero-order chi connectivity index (χ0) is 57.7. The summed E-state index contributed by atoms with van der Waals surface area (Å²) in [7, 11) is 0. The summed E-state index contributed by atoms with van der Waals surface area (Å²) in [5.74, 6) is 3.08. The highest BCUT2D eigenvalue weighted by atomic mass is 15.1. The van der Waals surface area contributed by atoms with E-state index in [1.165, 1.54) is 22.3 Å². The quantitative estimate of drug-likeness (QED) is 0.143. The van der Waals surface area contributed by atoms with E-state index in [0.29, 0.717) is 34.9 Å². The molecule has 0 amide bonds. The van der Waals surface area contributed by atoms with Gasteiger partial charge in [-0.2, -0.15) is 0 Å². The van der Waals surface area contributed by atoms with Crippen molar-refractivity contribution in [2.75, 3.05) is 0 Å². The number of hydrogen-bond donors (Lipinski definition) is 0. The summed E-state index contributed by atoms with van der Waals surface area (Å²) in [6.07, 6.45) is 0. The van der Waals surface area contributed by atoms with Crippen LogP contribution in [0.4, 0.5) is 0 Å². The standard InChI is InChI=1S/C77H55N9/c1-46-32-37-65-56(40-46)55-28-18-19-29-62(55)85(65)70-61(76-80-72(51-20-10-6-11-21-51)78-73(81-76)52-22-12-7-13-23-52)45-68(84-63-35-30-47(2)41-57(63)58-42-48(3)31-36-64(58)84)71(86-66-38-33-49(4)43-59(66)60-44-50(5)34-39-67(60)86)69(70)77-82-74(53-24-14-8-15-25-53)79-75(83-77)54-26-16-9-17-27-54/h6-45H,1-5H3. The van der Waals surface area contributed by atoms with Crippen molar-refractivity contribution in [3.8, 4) is 85.4 Å². The van der Waals surface area contributed by atoms with Gasteiger partial charge in [0.1, 0.15) is 0 Å². The first kappa shape index (κ1) is 50.6. The predicted molar refractivity (Wildman–Crippen MR) is 353 cm³/mol. The summed E-state index contributed by atoms with van der Waals surface area (Å²) in [6, 6.07) is 86.2. The molecular formula is C77H55N9. The minimum absolute atomic E-state index is 0.464. The fourth-order valence-corrected chi connectivity index (χ4v) is 12.8. The number of aryl methyl sites for hydroxylation is 5. The first-order valence-corrected chi connectivity index (χ1v) is 29.2. The predicted octanol–water partition coefficient (Wildman–Crippen LogP) is 18.9. The van der Waals surface area contributed by atoms with Gasteiger partial charge < -0.3 is 13.7 Å². The topological polar surface area (TPSA) is 92.1 Å². The molecule has 0 aliphatic rings. The molecule has 408 valence electrons. The Labute approximate surface area is 496 Å². The Bertz CT molecular complexity index is 5160. The zero-order valence-electron chi connectivity index (χ0n) is 48.1. The van der Waals surface area contributed by atoms with E-state index < -0.39 is 0 Å². The summed E-state index contributed by atoms with van der Waals surface area (Å²) in [5, 5.41) is 6.76. The zero-order valence-corrected chi connectivity index (χ0v) is 48.1. The van der Waals surface area contributed by atoms with Crippen molar-refractivity contribution >= 4 is 65.4 Å². The van der Waals surface area contributed by atoms with Gasteiger partial charge in [-0.15, -0.1) is 0 Å². The van der Waals surface area contributed by atoms with Gasteiger partial charge in [-0.25, -0.2) is 29.9 Å². The molecule has 0 bridgehead atoms. The summed E-state index contributed by atoms with van der Waals surface area (Å²) in [6.45, 7) is 10.9. The van der Waals surface area contributed by atoms with E-state index >= 15 is 0 Å². The third-order valence-corrected chi connectivity index (χ3v) is 16.8. The lowest BCUT2D eigenvalue weighted by Gasteiger charge is -2.26. The number of aromatic nitrogens is 9. The molecule has 0 N–H and O–H groups in total. The number of nitrogens with zero attached hydrogens (tertiary/aromatic N) is 9. The van der Waals surface area contributed by atoms with Crippen molar-refractivity contribution in [1.29, 1.82) is 0 Å². The van der Waals surface area contributed by atoms with Gasteiger partial charge in [0, 0.05) is 60.1 Å². The highest BCUT2D eigenvalue weighted by Crippen LogP contribution is 2.50. The number of benzene rings is 11. The number of para-hydroxylation sites is 1. The molecule has 16 rings (SSSR count). The Morgan fingerprint density at radius 3 is 0.907 bits per heavy atom. The highest BCUT2D eigenvalue weighted by molar-refractivity contribution is 6.15. The maximum Gasteiger partial charge on any atom is 0.168 e. The minimum atomic E-state index is 0.464. The molecule has 11 aromatic carbocycles. The fourth-order valence-electron chi connectivity index (χ4n) is 12.8. The average Bonchev–Trinajstić information content (AvgIpc) is 1.54. The van der Waals surface area contributed by atoms with E-state index in [2.05, 4.69) is 218 Å². The van der Waals surface area contributed by atoms with E-state index in [9.17, 15) is 0 Å². The lowest BCUT2D eigenvalue weighted by molar-refractivity contribution is 1.03. The molecule has 0 aliphatic heterocycles. The molecule has 0 saturated heterocycles. The monoisotopic (exact) mass is 1110 g/mol. The van der Waals surface area contributed by atoms with Gasteiger partial charge in [0.2, 0.25) is 0 Å². The molecule has 5 aromatic heterocycles. The van der Waals surface area contributed by atoms with Crippen LogP contribution in [0.3, 0.4) is 0 Å². The van der Waals surface area contributed by atoms with E-state index in [-0.39, 0.29) is 0 Å². The third kappa shape index (κ3) is 8.30. The molecule has 9 heteroatoms. The Morgan fingerprint density at radius 2 is 0.523 bits per heavy atom. The second-order valence-corrected chi connectivity index (χ2v) is 22.7. The minimum Gasteiger partial charge on any atom is -0.308 e. The average molecular weight is 1110 g/mol. The van der Waals surface area contributed by atoms with Gasteiger partial charge in [0.25, 0.3) is 0 Å². The van der Waals surface area contributed by atoms with Crippen LogP contribution in [0.5, 0.6) is 0 Å². The summed E-state index contributed by atoms with van der Waals surface area (Å²) >= 11 is 0. The molecule has 0 radical (unpaired) electrons. The molecule has 0 atom stereocenters. The molecule has 86 heavy (non-hydrogen) atoms.